The third-order valence-electron chi connectivity index (χ3n) is 4.12. The highest BCUT2D eigenvalue weighted by molar-refractivity contribution is 5.96. The molecule has 1 aromatic rings. The van der Waals surface area contributed by atoms with Crippen LogP contribution in [0.25, 0.3) is 0 Å². The lowest BCUT2D eigenvalue weighted by molar-refractivity contribution is -0.120. The summed E-state index contributed by atoms with van der Waals surface area (Å²) in [6.45, 7) is 5.87. The van der Waals surface area contributed by atoms with Crippen molar-refractivity contribution in [3.8, 4) is 11.5 Å². The Balaban J connectivity index is 2.29. The molecule has 0 unspecified atom stereocenters. The largest absolute Gasteiger partial charge is 0.506 e. The molecule has 0 radical (unpaired) electrons. The minimum Gasteiger partial charge on any atom is -0.506 e. The molecule has 1 aliphatic carbocycles. The van der Waals surface area contributed by atoms with Gasteiger partial charge in [0.15, 0.2) is 0 Å². The van der Waals surface area contributed by atoms with Gasteiger partial charge in [-0.1, -0.05) is 33.3 Å². The number of nitrogens with one attached hydrogen (secondary N) is 1. The lowest BCUT2D eigenvalue weighted by Gasteiger charge is -2.23. The quantitative estimate of drug-likeness (QED) is 0.630. The van der Waals surface area contributed by atoms with Crippen molar-refractivity contribution in [2.24, 2.45) is 11.7 Å². The van der Waals surface area contributed by atoms with Gasteiger partial charge in [0.2, 0.25) is 5.91 Å². The number of rotatable bonds is 2. The molecule has 2 rings (SSSR count). The summed E-state index contributed by atoms with van der Waals surface area (Å²) in [7, 11) is 0. The highest BCUT2D eigenvalue weighted by Gasteiger charge is 2.31. The first kappa shape index (κ1) is 15.6. The maximum Gasteiger partial charge on any atom is 0.229 e. The number of benzene rings is 1. The van der Waals surface area contributed by atoms with Gasteiger partial charge in [-0.2, -0.15) is 0 Å². The fourth-order valence-corrected chi connectivity index (χ4v) is 2.84. The maximum absolute atomic E-state index is 12.3. The summed E-state index contributed by atoms with van der Waals surface area (Å²) in [5, 5.41) is 22.9. The summed E-state index contributed by atoms with van der Waals surface area (Å²) in [4.78, 5) is 12.3. The molecule has 2 atom stereocenters. The monoisotopic (exact) mass is 292 g/mol. The molecule has 0 bridgehead atoms. The molecule has 1 aromatic carbocycles. The number of hydrogen-bond donors (Lipinski definition) is 4. The first-order valence-electron chi connectivity index (χ1n) is 7.33. The molecule has 5 N–H and O–H groups in total. The van der Waals surface area contributed by atoms with Crippen molar-refractivity contribution in [3.63, 3.8) is 0 Å². The molecule has 1 saturated carbocycles. The molecular formula is C16H24N2O3. The SMILES string of the molecule is CC(C)(C)c1ccc(O)c(NC(=O)[C@@H]2CCC[C@@H]2N)c1O. The van der Waals surface area contributed by atoms with Gasteiger partial charge in [0, 0.05) is 11.6 Å². The van der Waals surface area contributed by atoms with E-state index in [0.29, 0.717) is 5.56 Å². The normalized spacial score (nSPS) is 22.3. The second-order valence-corrected chi connectivity index (χ2v) is 6.80. The lowest BCUT2D eigenvalue weighted by atomic mass is 9.86. The van der Waals surface area contributed by atoms with E-state index in [2.05, 4.69) is 5.32 Å². The number of nitrogens with two attached hydrogens (primary N) is 1. The molecule has 0 aromatic heterocycles. The number of carbonyl (C=O) groups is 1. The summed E-state index contributed by atoms with van der Waals surface area (Å²) in [5.41, 5.74) is 6.38. The molecule has 1 amide bonds. The van der Waals surface area contributed by atoms with E-state index in [1.165, 1.54) is 6.07 Å². The second kappa shape index (κ2) is 5.56. The Labute approximate surface area is 125 Å². The molecule has 0 heterocycles. The van der Waals surface area contributed by atoms with Crippen LogP contribution >= 0.6 is 0 Å². The zero-order valence-corrected chi connectivity index (χ0v) is 12.8. The summed E-state index contributed by atoms with van der Waals surface area (Å²) < 4.78 is 0. The summed E-state index contributed by atoms with van der Waals surface area (Å²) in [6, 6.07) is 3.01. The van der Waals surface area contributed by atoms with E-state index >= 15 is 0 Å². The Morgan fingerprint density at radius 1 is 1.29 bits per heavy atom. The molecular weight excluding hydrogens is 268 g/mol. The van der Waals surface area contributed by atoms with E-state index < -0.39 is 0 Å². The zero-order chi connectivity index (χ0) is 15.8. The first-order chi connectivity index (χ1) is 9.71. The van der Waals surface area contributed by atoms with Crippen LogP contribution in [0.1, 0.15) is 45.6 Å². The van der Waals surface area contributed by atoms with Crippen LogP contribution in [0.2, 0.25) is 0 Å². The molecule has 5 nitrogen and oxygen atoms in total. The molecule has 0 saturated heterocycles. The van der Waals surface area contributed by atoms with Crippen molar-refractivity contribution in [3.05, 3.63) is 17.7 Å². The maximum atomic E-state index is 12.3. The third kappa shape index (κ3) is 3.13. The standard InChI is InChI=1S/C16H24N2O3/c1-16(2,3)10-7-8-12(19)13(14(10)20)18-15(21)9-5-4-6-11(9)17/h7-9,11,19-20H,4-6,17H2,1-3H3,(H,18,21)/t9-,11+/m1/s1. The van der Waals surface area contributed by atoms with Gasteiger partial charge in [-0.15, -0.1) is 0 Å². The third-order valence-corrected chi connectivity index (χ3v) is 4.12. The van der Waals surface area contributed by atoms with Gasteiger partial charge in [-0.25, -0.2) is 0 Å². The van der Waals surface area contributed by atoms with Crippen molar-refractivity contribution < 1.29 is 15.0 Å². The van der Waals surface area contributed by atoms with Crippen LogP contribution in [-0.4, -0.2) is 22.2 Å². The Kier molecular flexibility index (Phi) is 4.14. The fourth-order valence-electron chi connectivity index (χ4n) is 2.84. The Morgan fingerprint density at radius 2 is 1.95 bits per heavy atom. The molecule has 0 aliphatic heterocycles. The summed E-state index contributed by atoms with van der Waals surface area (Å²) in [5.74, 6) is -0.721. The van der Waals surface area contributed by atoms with Crippen LogP contribution in [0.4, 0.5) is 5.69 Å². The topological polar surface area (TPSA) is 95.6 Å². The van der Waals surface area contributed by atoms with Crippen molar-refractivity contribution >= 4 is 11.6 Å². The highest BCUT2D eigenvalue weighted by atomic mass is 16.3. The number of carbonyl (C=O) groups excluding carboxylic acids is 1. The van der Waals surface area contributed by atoms with Crippen LogP contribution in [-0.2, 0) is 10.2 Å². The van der Waals surface area contributed by atoms with E-state index in [1.54, 1.807) is 6.07 Å². The van der Waals surface area contributed by atoms with Crippen LogP contribution in [0, 0.1) is 5.92 Å². The summed E-state index contributed by atoms with van der Waals surface area (Å²) >= 11 is 0. The molecule has 1 aliphatic rings. The van der Waals surface area contributed by atoms with Gasteiger partial charge in [0.05, 0.1) is 5.92 Å². The minimum atomic E-state index is -0.291. The Bertz CT molecular complexity index is 549. The van der Waals surface area contributed by atoms with Gasteiger partial charge in [0.1, 0.15) is 17.2 Å². The predicted octanol–water partition coefficient (Wildman–Crippen LogP) is 2.46. The molecule has 21 heavy (non-hydrogen) atoms. The second-order valence-electron chi connectivity index (χ2n) is 6.80. The number of anilines is 1. The fraction of sp³-hybridized carbons (Fsp3) is 0.562. The van der Waals surface area contributed by atoms with Gasteiger partial charge in [0.25, 0.3) is 0 Å². The predicted molar refractivity (Wildman–Crippen MR) is 82.4 cm³/mol. The molecule has 116 valence electrons. The van der Waals surface area contributed by atoms with E-state index in [9.17, 15) is 15.0 Å². The lowest BCUT2D eigenvalue weighted by Crippen LogP contribution is -2.34. The van der Waals surface area contributed by atoms with Crippen molar-refractivity contribution in [2.45, 2.75) is 51.5 Å². The van der Waals surface area contributed by atoms with E-state index in [4.69, 9.17) is 5.73 Å². The van der Waals surface area contributed by atoms with Crippen LogP contribution in [0.3, 0.4) is 0 Å². The van der Waals surface area contributed by atoms with E-state index in [0.717, 1.165) is 19.3 Å². The number of hydrogen-bond acceptors (Lipinski definition) is 4. The molecule has 5 heteroatoms. The number of amides is 1. The minimum absolute atomic E-state index is 0.0755. The van der Waals surface area contributed by atoms with Crippen molar-refractivity contribution in [1.29, 1.82) is 0 Å². The Morgan fingerprint density at radius 3 is 2.48 bits per heavy atom. The smallest absolute Gasteiger partial charge is 0.229 e. The van der Waals surface area contributed by atoms with Gasteiger partial charge < -0.3 is 21.3 Å². The zero-order valence-electron chi connectivity index (χ0n) is 12.8. The average Bonchev–Trinajstić information content (AvgIpc) is 2.79. The van der Waals surface area contributed by atoms with Crippen LogP contribution in [0.5, 0.6) is 11.5 Å². The number of phenolic OH excluding ortho intramolecular Hbond substituents is 2. The van der Waals surface area contributed by atoms with Crippen molar-refractivity contribution in [1.82, 2.24) is 0 Å². The number of aromatic hydroxyl groups is 2. The van der Waals surface area contributed by atoms with Gasteiger partial charge in [-0.3, -0.25) is 4.79 Å². The van der Waals surface area contributed by atoms with Crippen LogP contribution < -0.4 is 11.1 Å². The van der Waals surface area contributed by atoms with Crippen molar-refractivity contribution in [2.75, 3.05) is 5.32 Å². The van der Waals surface area contributed by atoms with Gasteiger partial charge in [-0.05, 0) is 24.3 Å². The number of phenols is 2. The molecule has 0 spiro atoms. The molecule has 1 fully saturated rings. The Hall–Kier alpha value is -1.75. The van der Waals surface area contributed by atoms with E-state index in [1.807, 2.05) is 20.8 Å². The van der Waals surface area contributed by atoms with E-state index in [-0.39, 0.29) is 40.5 Å². The van der Waals surface area contributed by atoms with Crippen LogP contribution in [0.15, 0.2) is 12.1 Å². The highest BCUT2D eigenvalue weighted by Crippen LogP contribution is 2.41. The first-order valence-corrected chi connectivity index (χ1v) is 7.33. The summed E-state index contributed by atoms with van der Waals surface area (Å²) in [6.07, 6.45) is 2.50. The average molecular weight is 292 g/mol. The van der Waals surface area contributed by atoms with Gasteiger partial charge >= 0.3 is 0 Å².